The Morgan fingerprint density at radius 1 is 1.07 bits per heavy atom. The summed E-state index contributed by atoms with van der Waals surface area (Å²) in [4.78, 5) is 11.1. The maximum absolute atomic E-state index is 11.8. The Bertz CT molecular complexity index is 695. The molecule has 0 bridgehead atoms. The number of hydrogen-bond donors (Lipinski definition) is 3. The van der Waals surface area contributed by atoms with E-state index in [1.165, 1.54) is 0 Å². The van der Waals surface area contributed by atoms with E-state index in [-0.39, 0.29) is 41.1 Å². The van der Waals surface area contributed by atoms with Gasteiger partial charge in [0.05, 0.1) is 13.6 Å². The third-order valence-electron chi connectivity index (χ3n) is 10.7. The highest BCUT2D eigenvalue weighted by Gasteiger charge is 2.64. The molecule has 0 aliphatic heterocycles. The quantitative estimate of drug-likeness (QED) is 0.576. The van der Waals surface area contributed by atoms with Crippen molar-refractivity contribution in [3.8, 4) is 0 Å². The van der Waals surface area contributed by atoms with E-state index in [9.17, 15) is 16.4 Å². The number of carbonyl (C=O) groups is 1. The highest BCUT2D eigenvalue weighted by Crippen LogP contribution is 2.69. The van der Waals surface area contributed by atoms with Gasteiger partial charge >= 0.3 is 5.97 Å². The molecule has 0 aromatic carbocycles. The van der Waals surface area contributed by atoms with Gasteiger partial charge in [-0.3, -0.25) is 4.79 Å². The molecule has 4 saturated carbocycles. The van der Waals surface area contributed by atoms with Crippen molar-refractivity contribution in [1.82, 2.24) is 0 Å². The summed E-state index contributed by atoms with van der Waals surface area (Å²) in [5, 5.41) is 31.4. The summed E-state index contributed by atoms with van der Waals surface area (Å²) in [6, 6.07) is 0. The number of hydrogen-bond acceptors (Lipinski definition) is 3. The molecule has 4 rings (SSSR count). The van der Waals surface area contributed by atoms with E-state index >= 15 is 0 Å². The molecular weight excluding hydrogens is 376 g/mol. The number of rotatable bonds is 5. The summed E-state index contributed by atoms with van der Waals surface area (Å²) >= 11 is 0. The lowest BCUT2D eigenvalue weighted by Gasteiger charge is -2.64. The fourth-order valence-electron chi connectivity index (χ4n) is 9.19. The van der Waals surface area contributed by atoms with Crippen LogP contribution in [0, 0.1) is 52.3 Å². The predicted octanol–water partition coefficient (Wildman–Crippen LogP) is 5.11. The maximum atomic E-state index is 11.8. The van der Waals surface area contributed by atoms with Crippen LogP contribution in [0.2, 0.25) is 0 Å². The predicted molar refractivity (Wildman–Crippen MR) is 118 cm³/mol. The minimum Gasteiger partial charge on any atom is -0.481 e. The van der Waals surface area contributed by atoms with Crippen LogP contribution in [0.25, 0.3) is 0 Å². The minimum absolute atomic E-state index is 0.00985. The second-order valence-corrected chi connectivity index (χ2v) is 11.9. The van der Waals surface area contributed by atoms with E-state index in [1.807, 2.05) is 0 Å². The lowest BCUT2D eigenvalue weighted by atomic mass is 9.41. The van der Waals surface area contributed by atoms with Crippen molar-refractivity contribution < 1.29 is 21.5 Å². The lowest BCUT2D eigenvalue weighted by Crippen LogP contribution is -2.62. The molecule has 4 aliphatic rings. The molecule has 172 valence electrons. The fraction of sp³-hybridized carbons (Fsp3) is 0.962. The van der Waals surface area contributed by atoms with Gasteiger partial charge in [-0.1, -0.05) is 34.1 Å². The molecule has 4 fully saturated rings. The average Bonchev–Trinajstić information content (AvgIpc) is 3.04. The van der Waals surface area contributed by atoms with Crippen LogP contribution in [0.3, 0.4) is 0 Å². The topological polar surface area (TPSA) is 77.8 Å². The van der Waals surface area contributed by atoms with Crippen molar-refractivity contribution in [3.05, 3.63) is 0 Å². The Kier molecular flexibility index (Phi) is 5.71. The zero-order chi connectivity index (χ0) is 22.8. The maximum Gasteiger partial charge on any atom is 0.303 e. The van der Waals surface area contributed by atoms with Gasteiger partial charge in [-0.05, 0) is 104 Å². The summed E-state index contributed by atoms with van der Waals surface area (Å²) in [6.45, 7) is 9.12. The van der Waals surface area contributed by atoms with Gasteiger partial charge in [-0.25, -0.2) is 0 Å². The molecule has 0 radical (unpaired) electrons. The standard InChI is InChI=1S/C26H44O4/c1-5-17-21-14-16(27)10-12-26(21,4)20-11-13-25(3)18(15(2)6-9-22(28)29)7-8-19(25)23(20)24(17)30/h15-21,23-24,27,30H,5-14H2,1-4H3,(H,28,29)/t15-,16-,17-,18?,19?,20?,21+,23?,24?,25-,26-/m1/s1/i24D. The molecule has 30 heavy (non-hydrogen) atoms. The lowest BCUT2D eigenvalue weighted by molar-refractivity contribution is -0.203. The molecule has 0 amide bonds. The summed E-state index contributed by atoms with van der Waals surface area (Å²) in [5.74, 6) is 0.941. The fourth-order valence-corrected chi connectivity index (χ4v) is 9.19. The Morgan fingerprint density at radius 2 is 1.73 bits per heavy atom. The highest BCUT2D eigenvalue weighted by molar-refractivity contribution is 5.66. The molecule has 5 unspecified atom stereocenters. The molecule has 0 heterocycles. The van der Waals surface area contributed by atoms with Gasteiger partial charge in [0.25, 0.3) is 0 Å². The molecule has 0 saturated heterocycles. The summed E-state index contributed by atoms with van der Waals surface area (Å²) in [5.41, 5.74) is 0.190. The smallest absolute Gasteiger partial charge is 0.303 e. The summed E-state index contributed by atoms with van der Waals surface area (Å²) in [6.07, 6.45) is 6.93. The minimum atomic E-state index is -1.44. The largest absolute Gasteiger partial charge is 0.481 e. The number of aliphatic hydroxyl groups excluding tert-OH is 1. The van der Waals surface area contributed by atoms with E-state index in [2.05, 4.69) is 27.7 Å². The Labute approximate surface area is 184 Å². The Morgan fingerprint density at radius 3 is 2.40 bits per heavy atom. The van der Waals surface area contributed by atoms with Crippen molar-refractivity contribution in [3.63, 3.8) is 0 Å². The first-order chi connectivity index (χ1) is 14.5. The monoisotopic (exact) mass is 421 g/mol. The number of aliphatic hydroxyl groups is 2. The van der Waals surface area contributed by atoms with Gasteiger partial charge < -0.3 is 15.3 Å². The normalized spacial score (nSPS) is 54.5. The van der Waals surface area contributed by atoms with E-state index < -0.39 is 12.0 Å². The third-order valence-corrected chi connectivity index (χ3v) is 10.7. The van der Waals surface area contributed by atoms with Crippen molar-refractivity contribution in [1.29, 1.82) is 0 Å². The van der Waals surface area contributed by atoms with E-state index in [4.69, 9.17) is 5.11 Å². The van der Waals surface area contributed by atoms with Crippen LogP contribution >= 0.6 is 0 Å². The number of fused-ring (bicyclic) bond motifs is 5. The van der Waals surface area contributed by atoms with Crippen LogP contribution in [-0.4, -0.2) is 33.5 Å². The van der Waals surface area contributed by atoms with Gasteiger partial charge in [0.1, 0.15) is 0 Å². The molecule has 11 atom stereocenters. The van der Waals surface area contributed by atoms with Gasteiger partial charge in [-0.15, -0.1) is 0 Å². The first kappa shape index (κ1) is 21.2. The number of carboxylic acids is 1. The number of carboxylic acid groups (broad SMARTS) is 1. The first-order valence-corrected chi connectivity index (χ1v) is 12.6. The van der Waals surface area contributed by atoms with Crippen molar-refractivity contribution in [2.75, 3.05) is 0 Å². The van der Waals surface area contributed by atoms with E-state index in [0.29, 0.717) is 23.7 Å². The summed E-state index contributed by atoms with van der Waals surface area (Å²) < 4.78 is 9.33. The van der Waals surface area contributed by atoms with Gasteiger partial charge in [0.2, 0.25) is 0 Å². The van der Waals surface area contributed by atoms with Crippen LogP contribution in [0.1, 0.15) is 93.3 Å². The number of aliphatic carboxylic acids is 1. The zero-order valence-electron chi connectivity index (χ0n) is 20.4. The molecule has 4 nitrogen and oxygen atoms in total. The molecule has 0 aromatic rings. The van der Waals surface area contributed by atoms with Crippen molar-refractivity contribution in [2.45, 2.75) is 104 Å². The van der Waals surface area contributed by atoms with Crippen LogP contribution in [-0.2, 0) is 4.79 Å². The zero-order valence-corrected chi connectivity index (χ0v) is 19.4. The average molecular weight is 422 g/mol. The van der Waals surface area contributed by atoms with Crippen LogP contribution < -0.4 is 0 Å². The summed E-state index contributed by atoms with van der Waals surface area (Å²) in [7, 11) is 0. The molecule has 0 aromatic heterocycles. The SMILES string of the molecule is [2H]C1(O)C2C3CCC([C@H](C)CCC(=O)O)[C@@]3(C)CCC2[C@@]2(C)CC[C@@H](O)C[C@H]2[C@H]1CC. The molecule has 3 N–H and O–H groups in total. The molecule has 4 heteroatoms. The second kappa shape index (κ2) is 8.06. The van der Waals surface area contributed by atoms with Gasteiger partial charge in [-0.2, -0.15) is 0 Å². The Balaban J connectivity index is 1.67. The molecule has 0 spiro atoms. The van der Waals surface area contributed by atoms with E-state index in [1.54, 1.807) is 0 Å². The van der Waals surface area contributed by atoms with Gasteiger partial charge in [0, 0.05) is 6.42 Å². The van der Waals surface area contributed by atoms with Crippen LogP contribution in [0.15, 0.2) is 0 Å². The highest BCUT2D eigenvalue weighted by atomic mass is 16.4. The molecule has 4 aliphatic carbocycles. The first-order valence-electron chi connectivity index (χ1n) is 13.1. The van der Waals surface area contributed by atoms with Crippen molar-refractivity contribution in [2.24, 2.45) is 52.3 Å². The third kappa shape index (κ3) is 3.36. The molecular formula is C26H44O4. The Hall–Kier alpha value is -0.610. The second-order valence-electron chi connectivity index (χ2n) is 11.9. The van der Waals surface area contributed by atoms with Crippen molar-refractivity contribution >= 4 is 5.97 Å². The van der Waals surface area contributed by atoms with Crippen LogP contribution in [0.5, 0.6) is 0 Å². The van der Waals surface area contributed by atoms with Crippen LogP contribution in [0.4, 0.5) is 0 Å². The van der Waals surface area contributed by atoms with E-state index in [0.717, 1.165) is 57.8 Å². The van der Waals surface area contributed by atoms with Gasteiger partial charge in [0.15, 0.2) is 0 Å².